The van der Waals surface area contributed by atoms with Crippen molar-refractivity contribution in [1.29, 1.82) is 5.26 Å². The Morgan fingerprint density at radius 1 is 0.926 bits per heavy atom. The van der Waals surface area contributed by atoms with E-state index in [2.05, 4.69) is 43.5 Å². The van der Waals surface area contributed by atoms with Gasteiger partial charge < -0.3 is 29.0 Å². The summed E-state index contributed by atoms with van der Waals surface area (Å²) in [6.07, 6.45) is 6.29. The summed E-state index contributed by atoms with van der Waals surface area (Å²) in [6, 6.07) is 19.2. The molecule has 2 atom stereocenters. The van der Waals surface area contributed by atoms with E-state index in [0.717, 1.165) is 37.1 Å². The topological polar surface area (TPSA) is 147 Å². The van der Waals surface area contributed by atoms with E-state index in [1.165, 1.54) is 57.1 Å². The molecule has 0 radical (unpaired) electrons. The van der Waals surface area contributed by atoms with Crippen molar-refractivity contribution < 1.29 is 37.3 Å². The molecule has 0 saturated heterocycles. The number of methoxy groups -OCH3 is 4. The fraction of sp³-hybridized carbons (Fsp3) is 0.512. The highest BCUT2D eigenvalue weighted by Crippen LogP contribution is 2.45. The van der Waals surface area contributed by atoms with Gasteiger partial charge in [0.25, 0.3) is 0 Å². The summed E-state index contributed by atoms with van der Waals surface area (Å²) in [6.45, 7) is 8.61. The Hall–Kier alpha value is -3.86. The number of carboxylic acid groups (broad SMARTS) is 1. The minimum Gasteiger partial charge on any atom is -0.493 e. The third kappa shape index (κ3) is 13.8. The molecule has 0 aliphatic carbocycles. The van der Waals surface area contributed by atoms with Gasteiger partial charge in [-0.3, -0.25) is 4.79 Å². The van der Waals surface area contributed by atoms with Crippen LogP contribution in [0.1, 0.15) is 82.1 Å². The number of nitriles is 1. The summed E-state index contributed by atoms with van der Waals surface area (Å²) in [4.78, 5) is 13.2. The standard InChI is InChI=1S/C24H40N2O3.C17H18ClNO5S/c1-8-9-10-11-14-26(4)15-12-13-24(18-25,19(2)3)20-16-21(27-5)23(29-7)22(17-20)28-6;1-24-16(13-4-2-12(3-5-13)10-17(20)21)11-19-25(22,23)15-8-6-14(18)7-9-15/h16-17,19H,8-15H2,1-7H3;2-9,16,19H,10-11H2,1H3,(H,20,21)/t24-;16-/m00/s1. The average Bonchev–Trinajstić information content (AvgIpc) is 3.15. The number of sulfonamides is 1. The molecule has 13 heteroatoms. The highest BCUT2D eigenvalue weighted by molar-refractivity contribution is 7.89. The first kappa shape index (κ1) is 46.3. The number of hydrogen-bond acceptors (Lipinski definition) is 9. The third-order valence-electron chi connectivity index (χ3n) is 9.44. The van der Waals surface area contributed by atoms with E-state index in [-0.39, 0.29) is 23.8 Å². The Labute approximate surface area is 327 Å². The molecule has 298 valence electrons. The van der Waals surface area contributed by atoms with Crippen LogP contribution in [0.3, 0.4) is 0 Å². The molecule has 3 aromatic rings. The largest absolute Gasteiger partial charge is 0.493 e. The van der Waals surface area contributed by atoms with E-state index < -0.39 is 27.5 Å². The second-order valence-electron chi connectivity index (χ2n) is 13.5. The van der Waals surface area contributed by atoms with Gasteiger partial charge in [0.2, 0.25) is 15.8 Å². The summed E-state index contributed by atoms with van der Waals surface area (Å²) >= 11 is 5.76. The molecule has 0 aromatic heterocycles. The molecule has 0 fully saturated rings. The maximum Gasteiger partial charge on any atom is 0.307 e. The molecular weight excluding hydrogens is 730 g/mol. The van der Waals surface area contributed by atoms with Gasteiger partial charge in [0, 0.05) is 18.7 Å². The molecule has 3 aromatic carbocycles. The maximum atomic E-state index is 12.3. The monoisotopic (exact) mass is 787 g/mol. The minimum absolute atomic E-state index is 0.0414. The molecule has 0 aliphatic heterocycles. The summed E-state index contributed by atoms with van der Waals surface area (Å²) in [5, 5.41) is 19.5. The van der Waals surface area contributed by atoms with Crippen LogP contribution in [0.25, 0.3) is 0 Å². The van der Waals surface area contributed by atoms with Crippen LogP contribution in [0.15, 0.2) is 65.6 Å². The number of nitrogens with zero attached hydrogens (tertiary/aromatic N) is 2. The zero-order valence-electron chi connectivity index (χ0n) is 33.0. The molecule has 0 spiro atoms. The first-order valence-corrected chi connectivity index (χ1v) is 20.1. The normalized spacial score (nSPS) is 13.0. The first-order valence-electron chi connectivity index (χ1n) is 18.2. The highest BCUT2D eigenvalue weighted by Gasteiger charge is 2.37. The van der Waals surface area contributed by atoms with Gasteiger partial charge in [0.15, 0.2) is 11.5 Å². The van der Waals surface area contributed by atoms with Crippen LogP contribution in [0, 0.1) is 17.2 Å². The van der Waals surface area contributed by atoms with Crippen LogP contribution >= 0.6 is 11.6 Å². The van der Waals surface area contributed by atoms with Gasteiger partial charge in [0.05, 0.1) is 50.2 Å². The lowest BCUT2D eigenvalue weighted by Crippen LogP contribution is -2.32. The third-order valence-corrected chi connectivity index (χ3v) is 11.1. The number of aliphatic carboxylic acids is 1. The van der Waals surface area contributed by atoms with E-state index in [4.69, 9.17) is 35.7 Å². The lowest BCUT2D eigenvalue weighted by Gasteiger charge is -2.33. The molecule has 0 heterocycles. The lowest BCUT2D eigenvalue weighted by molar-refractivity contribution is -0.136. The number of unbranched alkanes of at least 4 members (excludes halogenated alkanes) is 3. The Kier molecular flexibility index (Phi) is 19.8. The van der Waals surface area contributed by atoms with Gasteiger partial charge in [-0.1, -0.05) is 75.9 Å². The second-order valence-corrected chi connectivity index (χ2v) is 15.7. The van der Waals surface area contributed by atoms with Crippen LogP contribution in [0.2, 0.25) is 5.02 Å². The van der Waals surface area contributed by atoms with Crippen LogP contribution in [-0.4, -0.2) is 79.5 Å². The second kappa shape index (κ2) is 23.1. The van der Waals surface area contributed by atoms with Crippen LogP contribution in [-0.2, 0) is 31.4 Å². The molecule has 54 heavy (non-hydrogen) atoms. The molecule has 0 unspecified atom stereocenters. The minimum atomic E-state index is -3.68. The van der Waals surface area contributed by atoms with Gasteiger partial charge in [0.1, 0.15) is 0 Å². The molecule has 3 rings (SSSR count). The van der Waals surface area contributed by atoms with Gasteiger partial charge >= 0.3 is 5.97 Å². The molecule has 0 aliphatic rings. The van der Waals surface area contributed by atoms with Crippen molar-refractivity contribution in [3.05, 3.63) is 82.4 Å². The van der Waals surface area contributed by atoms with Crippen LogP contribution in [0.5, 0.6) is 17.2 Å². The van der Waals surface area contributed by atoms with Gasteiger partial charge in [-0.2, -0.15) is 5.26 Å². The lowest BCUT2D eigenvalue weighted by atomic mass is 9.69. The van der Waals surface area contributed by atoms with Crippen LogP contribution in [0.4, 0.5) is 0 Å². The number of ether oxygens (including phenoxy) is 4. The zero-order valence-corrected chi connectivity index (χ0v) is 34.6. The Morgan fingerprint density at radius 2 is 1.52 bits per heavy atom. The predicted molar refractivity (Wildman–Crippen MR) is 213 cm³/mol. The van der Waals surface area contributed by atoms with E-state index >= 15 is 0 Å². The smallest absolute Gasteiger partial charge is 0.307 e. The summed E-state index contributed by atoms with van der Waals surface area (Å²) in [5.41, 5.74) is 1.73. The SMILES string of the molecule is CCCCCCN(C)CCC[C@@](C#N)(c1cc(OC)c(OC)c(OC)c1)C(C)C.CO[C@@H](CNS(=O)(=O)c1ccc(Cl)cc1)c1ccc(CC(=O)O)cc1. The van der Waals surface area contributed by atoms with E-state index in [1.807, 2.05) is 12.1 Å². The first-order chi connectivity index (χ1) is 25.7. The van der Waals surface area contributed by atoms with E-state index in [1.54, 1.807) is 45.6 Å². The predicted octanol–water partition coefficient (Wildman–Crippen LogP) is 8.06. The van der Waals surface area contributed by atoms with Crippen molar-refractivity contribution in [1.82, 2.24) is 9.62 Å². The van der Waals surface area contributed by atoms with Crippen molar-refractivity contribution >= 4 is 27.6 Å². The molecule has 11 nitrogen and oxygen atoms in total. The number of carboxylic acids is 1. The Bertz CT molecular complexity index is 1710. The van der Waals surface area contributed by atoms with Crippen LogP contribution < -0.4 is 18.9 Å². The number of rotatable bonds is 22. The van der Waals surface area contributed by atoms with Gasteiger partial charge in [-0.25, -0.2) is 13.1 Å². The van der Waals surface area contributed by atoms with Crippen molar-refractivity contribution in [2.45, 2.75) is 82.1 Å². The van der Waals surface area contributed by atoms with Gasteiger partial charge in [-0.05, 0) is 98.4 Å². The average molecular weight is 788 g/mol. The van der Waals surface area contributed by atoms with Crippen molar-refractivity contribution in [2.75, 3.05) is 55.1 Å². The summed E-state index contributed by atoms with van der Waals surface area (Å²) in [7, 11) is 4.79. The summed E-state index contributed by atoms with van der Waals surface area (Å²) < 4.78 is 48.9. The molecule has 2 N–H and O–H groups in total. The van der Waals surface area contributed by atoms with Gasteiger partial charge in [-0.15, -0.1) is 0 Å². The number of halogens is 1. The fourth-order valence-electron chi connectivity index (χ4n) is 6.15. The van der Waals surface area contributed by atoms with Crippen molar-refractivity contribution in [2.24, 2.45) is 5.92 Å². The van der Waals surface area contributed by atoms with Crippen molar-refractivity contribution in [3.63, 3.8) is 0 Å². The fourth-order valence-corrected chi connectivity index (χ4v) is 7.30. The number of carbonyl (C=O) groups is 1. The molecule has 0 amide bonds. The Morgan fingerprint density at radius 3 is 2.00 bits per heavy atom. The number of nitrogens with one attached hydrogen (secondary N) is 1. The van der Waals surface area contributed by atoms with Crippen molar-refractivity contribution in [3.8, 4) is 23.3 Å². The van der Waals surface area contributed by atoms with E-state index in [9.17, 15) is 18.5 Å². The molecule has 0 saturated carbocycles. The maximum absolute atomic E-state index is 12.3. The summed E-state index contributed by atoms with van der Waals surface area (Å²) in [5.74, 6) is 0.989. The highest BCUT2D eigenvalue weighted by atomic mass is 35.5. The number of hydrogen-bond donors (Lipinski definition) is 2. The van der Waals surface area contributed by atoms with E-state index in [0.29, 0.717) is 27.8 Å². The quantitative estimate of drug-likeness (QED) is 0.0959. The molecular formula is C41H58ClN3O8S. The number of benzene rings is 3. The molecule has 0 bridgehead atoms. The Balaban J connectivity index is 0.000000377. The zero-order chi connectivity index (χ0) is 40.3.